The molecule has 0 unspecified atom stereocenters. The molecule has 1 aliphatic heterocycles. The summed E-state index contributed by atoms with van der Waals surface area (Å²) in [7, 11) is -3.18. The second-order valence-corrected chi connectivity index (χ2v) is 4.72. The molecule has 13 heavy (non-hydrogen) atoms. The van der Waals surface area contributed by atoms with Gasteiger partial charge in [0.15, 0.2) is 0 Å². The van der Waals surface area contributed by atoms with E-state index in [4.69, 9.17) is 0 Å². The fraction of sp³-hybridized carbons (Fsp3) is 0.833. The van der Waals surface area contributed by atoms with Gasteiger partial charge in [0.1, 0.15) is 0 Å². The number of piperazine rings is 1. The molecule has 1 N–H and O–H groups in total. The van der Waals surface area contributed by atoms with E-state index in [-0.39, 0.29) is 0 Å². The van der Waals surface area contributed by atoms with Crippen LogP contribution in [0.25, 0.3) is 0 Å². The molecule has 0 spiro atoms. The van der Waals surface area contributed by atoms with E-state index in [0.29, 0.717) is 26.2 Å². The SMILES string of the molecule is CS(=O)(=O)NN1CCN(C=O)CC1. The Labute approximate surface area is 77.5 Å². The lowest BCUT2D eigenvalue weighted by Crippen LogP contribution is -2.52. The van der Waals surface area contributed by atoms with Gasteiger partial charge in [0, 0.05) is 26.2 Å². The van der Waals surface area contributed by atoms with Crippen LogP contribution in [-0.2, 0) is 14.8 Å². The van der Waals surface area contributed by atoms with E-state index < -0.39 is 10.0 Å². The van der Waals surface area contributed by atoms with Crippen LogP contribution in [0, 0.1) is 0 Å². The molecule has 1 saturated heterocycles. The van der Waals surface area contributed by atoms with Crippen LogP contribution in [0.3, 0.4) is 0 Å². The lowest BCUT2D eigenvalue weighted by atomic mass is 10.4. The molecule has 0 saturated carbocycles. The van der Waals surface area contributed by atoms with Crippen LogP contribution >= 0.6 is 0 Å². The lowest BCUT2D eigenvalue weighted by molar-refractivity contribution is -0.119. The van der Waals surface area contributed by atoms with Gasteiger partial charge in [-0.25, -0.2) is 13.4 Å². The third-order valence-electron chi connectivity index (χ3n) is 1.76. The minimum absolute atomic E-state index is 0.534. The smallest absolute Gasteiger partial charge is 0.221 e. The average Bonchev–Trinajstić information content (AvgIpc) is 2.03. The normalized spacial score (nSPS) is 20.2. The first-order valence-corrected chi connectivity index (χ1v) is 5.82. The zero-order valence-corrected chi connectivity index (χ0v) is 8.25. The van der Waals surface area contributed by atoms with Crippen LogP contribution < -0.4 is 4.83 Å². The highest BCUT2D eigenvalue weighted by atomic mass is 32.2. The topological polar surface area (TPSA) is 69.7 Å². The van der Waals surface area contributed by atoms with Crippen LogP contribution in [0.5, 0.6) is 0 Å². The number of nitrogens with one attached hydrogen (secondary N) is 1. The third kappa shape index (κ3) is 3.71. The molecule has 1 amide bonds. The van der Waals surface area contributed by atoms with E-state index in [9.17, 15) is 13.2 Å². The number of hydrogen-bond donors (Lipinski definition) is 1. The fourth-order valence-corrected chi connectivity index (χ4v) is 1.80. The van der Waals surface area contributed by atoms with Crippen molar-refractivity contribution in [2.75, 3.05) is 32.4 Å². The monoisotopic (exact) mass is 207 g/mol. The van der Waals surface area contributed by atoms with Gasteiger partial charge >= 0.3 is 0 Å². The summed E-state index contributed by atoms with van der Waals surface area (Å²) in [5.74, 6) is 0. The second-order valence-electron chi connectivity index (χ2n) is 2.99. The Morgan fingerprint density at radius 3 is 2.15 bits per heavy atom. The van der Waals surface area contributed by atoms with Crippen molar-refractivity contribution in [1.29, 1.82) is 0 Å². The Bertz CT molecular complexity index is 269. The zero-order valence-electron chi connectivity index (χ0n) is 7.43. The standard InChI is InChI=1S/C6H13N3O3S/c1-13(11,12)7-9-4-2-8(6-10)3-5-9/h6-7H,2-5H2,1H3. The Hall–Kier alpha value is -0.660. The number of amides is 1. The Balaban J connectivity index is 2.37. The van der Waals surface area contributed by atoms with Crippen LogP contribution in [0.1, 0.15) is 0 Å². The molecule has 7 heteroatoms. The number of sulfonamides is 1. The molecule has 0 bridgehead atoms. The molecular weight excluding hydrogens is 194 g/mol. The van der Waals surface area contributed by atoms with Gasteiger partial charge in [0.25, 0.3) is 0 Å². The van der Waals surface area contributed by atoms with Crippen LogP contribution in [0.15, 0.2) is 0 Å². The Morgan fingerprint density at radius 1 is 1.23 bits per heavy atom. The molecule has 0 aromatic carbocycles. The van der Waals surface area contributed by atoms with Crippen molar-refractivity contribution in [2.24, 2.45) is 0 Å². The van der Waals surface area contributed by atoms with Gasteiger partial charge in [-0.05, 0) is 0 Å². The summed E-state index contributed by atoms with van der Waals surface area (Å²) in [6.07, 6.45) is 1.89. The van der Waals surface area contributed by atoms with Crippen LogP contribution in [-0.4, -0.2) is 57.2 Å². The molecular formula is C6H13N3O3S. The number of rotatable bonds is 3. The number of hydrogen-bond acceptors (Lipinski definition) is 4. The van der Waals surface area contributed by atoms with Crippen LogP contribution in [0.2, 0.25) is 0 Å². The molecule has 1 fully saturated rings. The van der Waals surface area contributed by atoms with Crippen molar-refractivity contribution in [3.8, 4) is 0 Å². The largest absolute Gasteiger partial charge is 0.343 e. The predicted octanol–water partition coefficient (Wildman–Crippen LogP) is -1.78. The van der Waals surface area contributed by atoms with E-state index in [1.165, 1.54) is 0 Å². The quantitative estimate of drug-likeness (QED) is 0.556. The van der Waals surface area contributed by atoms with E-state index in [1.54, 1.807) is 9.91 Å². The average molecular weight is 207 g/mol. The maximum absolute atomic E-state index is 10.8. The first kappa shape index (κ1) is 10.4. The maximum Gasteiger partial charge on any atom is 0.221 e. The van der Waals surface area contributed by atoms with Gasteiger partial charge in [0.2, 0.25) is 16.4 Å². The minimum Gasteiger partial charge on any atom is -0.343 e. The summed E-state index contributed by atoms with van der Waals surface area (Å²) < 4.78 is 21.6. The summed E-state index contributed by atoms with van der Waals surface area (Å²) >= 11 is 0. The Morgan fingerprint density at radius 2 is 1.77 bits per heavy atom. The van der Waals surface area contributed by atoms with Gasteiger partial charge in [0.05, 0.1) is 6.26 Å². The number of hydrazine groups is 1. The third-order valence-corrected chi connectivity index (χ3v) is 2.35. The molecule has 1 heterocycles. The highest BCUT2D eigenvalue weighted by Crippen LogP contribution is 1.96. The summed E-state index contributed by atoms with van der Waals surface area (Å²) in [5, 5.41) is 1.59. The van der Waals surface area contributed by atoms with E-state index in [0.717, 1.165) is 12.7 Å². The molecule has 0 aromatic rings. The first-order chi connectivity index (χ1) is 6.01. The zero-order chi connectivity index (χ0) is 9.90. The molecule has 0 radical (unpaired) electrons. The predicted molar refractivity (Wildman–Crippen MR) is 47.2 cm³/mol. The molecule has 0 aliphatic carbocycles. The summed E-state index contributed by atoms with van der Waals surface area (Å²) in [4.78, 5) is 14.3. The van der Waals surface area contributed by atoms with Gasteiger partial charge in [-0.15, -0.1) is 4.83 Å². The van der Waals surface area contributed by atoms with E-state index in [1.807, 2.05) is 0 Å². The van der Waals surface area contributed by atoms with Gasteiger partial charge in [-0.2, -0.15) is 0 Å². The second kappa shape index (κ2) is 4.03. The fourth-order valence-electron chi connectivity index (χ4n) is 1.15. The van der Waals surface area contributed by atoms with Crippen molar-refractivity contribution in [2.45, 2.75) is 0 Å². The van der Waals surface area contributed by atoms with Crippen LogP contribution in [0.4, 0.5) is 0 Å². The highest BCUT2D eigenvalue weighted by molar-refractivity contribution is 7.88. The van der Waals surface area contributed by atoms with Gasteiger partial charge < -0.3 is 4.90 Å². The van der Waals surface area contributed by atoms with Crippen molar-refractivity contribution >= 4 is 16.4 Å². The molecule has 1 rings (SSSR count). The van der Waals surface area contributed by atoms with Crippen molar-refractivity contribution in [1.82, 2.24) is 14.7 Å². The number of carbonyl (C=O) groups is 1. The number of carbonyl (C=O) groups excluding carboxylic acids is 1. The summed E-state index contributed by atoms with van der Waals surface area (Å²) in [6, 6.07) is 0. The van der Waals surface area contributed by atoms with E-state index >= 15 is 0 Å². The van der Waals surface area contributed by atoms with Gasteiger partial charge in [-0.3, -0.25) is 4.79 Å². The molecule has 0 aromatic heterocycles. The molecule has 76 valence electrons. The first-order valence-electron chi connectivity index (χ1n) is 3.93. The molecule has 6 nitrogen and oxygen atoms in total. The molecule has 0 atom stereocenters. The lowest BCUT2D eigenvalue weighted by Gasteiger charge is -2.31. The van der Waals surface area contributed by atoms with E-state index in [2.05, 4.69) is 4.83 Å². The summed E-state index contributed by atoms with van der Waals surface area (Å²) in [5.41, 5.74) is 0. The minimum atomic E-state index is -3.18. The summed E-state index contributed by atoms with van der Waals surface area (Å²) in [6.45, 7) is 2.19. The number of nitrogens with zero attached hydrogens (tertiary/aromatic N) is 2. The van der Waals surface area contributed by atoms with Gasteiger partial charge in [-0.1, -0.05) is 0 Å². The molecule has 1 aliphatic rings. The van der Waals surface area contributed by atoms with Crippen molar-refractivity contribution in [3.05, 3.63) is 0 Å². The highest BCUT2D eigenvalue weighted by Gasteiger charge is 2.17. The Kier molecular flexibility index (Phi) is 3.23. The van der Waals surface area contributed by atoms with Crippen molar-refractivity contribution < 1.29 is 13.2 Å². The van der Waals surface area contributed by atoms with Crippen molar-refractivity contribution in [3.63, 3.8) is 0 Å². The maximum atomic E-state index is 10.8.